The Balaban J connectivity index is 1.97. The number of sulfone groups is 1. The van der Waals surface area contributed by atoms with Gasteiger partial charge in [-0.3, -0.25) is 4.79 Å². The first-order valence-corrected chi connectivity index (χ1v) is 11.0. The van der Waals surface area contributed by atoms with Crippen molar-refractivity contribution in [1.29, 1.82) is 0 Å². The largest absolute Gasteiger partial charge is 0.491 e. The zero-order valence-corrected chi connectivity index (χ0v) is 17.2. The van der Waals surface area contributed by atoms with Gasteiger partial charge >= 0.3 is 0 Å². The number of benzene rings is 2. The first-order valence-electron chi connectivity index (χ1n) is 9.10. The summed E-state index contributed by atoms with van der Waals surface area (Å²) in [6, 6.07) is 12.7. The Morgan fingerprint density at radius 2 is 1.72 bits per heavy atom. The van der Waals surface area contributed by atoms with Crippen LogP contribution in [0.5, 0.6) is 17.2 Å². The molecule has 0 saturated heterocycles. The zero-order valence-electron chi connectivity index (χ0n) is 16.4. The molecule has 1 aromatic heterocycles. The number of aromatic nitrogens is 2. The van der Waals surface area contributed by atoms with Crippen molar-refractivity contribution in [2.45, 2.75) is 31.3 Å². The second kappa shape index (κ2) is 8.48. The van der Waals surface area contributed by atoms with Crippen LogP contribution in [0.15, 0.2) is 64.4 Å². The molecule has 29 heavy (non-hydrogen) atoms. The van der Waals surface area contributed by atoms with E-state index in [0.29, 0.717) is 28.6 Å². The van der Waals surface area contributed by atoms with Crippen LogP contribution in [-0.2, 0) is 9.84 Å². The van der Waals surface area contributed by atoms with Crippen molar-refractivity contribution in [2.75, 3.05) is 6.26 Å². The fourth-order valence-electron chi connectivity index (χ4n) is 2.56. The highest BCUT2D eigenvalue weighted by atomic mass is 32.2. The number of rotatable bonds is 7. The first-order chi connectivity index (χ1) is 13.7. The molecule has 0 amide bonds. The van der Waals surface area contributed by atoms with Crippen LogP contribution in [0.4, 0.5) is 0 Å². The Morgan fingerprint density at radius 1 is 1.03 bits per heavy atom. The van der Waals surface area contributed by atoms with Gasteiger partial charge in [-0.05, 0) is 49.7 Å². The van der Waals surface area contributed by atoms with Gasteiger partial charge in [0.25, 0.3) is 5.56 Å². The van der Waals surface area contributed by atoms with Crippen LogP contribution >= 0.6 is 0 Å². The van der Waals surface area contributed by atoms with Gasteiger partial charge < -0.3 is 14.5 Å². The van der Waals surface area contributed by atoms with Gasteiger partial charge in [0.2, 0.25) is 0 Å². The molecule has 0 aliphatic carbocycles. The highest BCUT2D eigenvalue weighted by Crippen LogP contribution is 2.32. The maximum atomic E-state index is 11.7. The third-order valence-corrected chi connectivity index (χ3v) is 5.35. The van der Waals surface area contributed by atoms with Crippen LogP contribution in [0.3, 0.4) is 0 Å². The fourth-order valence-corrected chi connectivity index (χ4v) is 3.19. The van der Waals surface area contributed by atoms with E-state index in [9.17, 15) is 13.2 Å². The van der Waals surface area contributed by atoms with E-state index in [-0.39, 0.29) is 16.6 Å². The third kappa shape index (κ3) is 5.45. The molecule has 0 fully saturated rings. The van der Waals surface area contributed by atoms with E-state index in [4.69, 9.17) is 9.47 Å². The maximum absolute atomic E-state index is 11.7. The lowest BCUT2D eigenvalue weighted by atomic mass is 10.1. The normalized spacial score (nSPS) is 12.4. The highest BCUT2D eigenvalue weighted by Gasteiger charge is 2.11. The number of nitrogens with zero attached hydrogens (tertiary/aromatic N) is 1. The van der Waals surface area contributed by atoms with Crippen molar-refractivity contribution in [3.05, 3.63) is 65.1 Å². The molecular formula is C21H22N2O5S. The molecule has 0 spiro atoms. The number of hydrogen-bond donors (Lipinski definition) is 1. The van der Waals surface area contributed by atoms with Crippen molar-refractivity contribution in [3.8, 4) is 28.6 Å². The maximum Gasteiger partial charge on any atom is 0.251 e. The van der Waals surface area contributed by atoms with Crippen LogP contribution < -0.4 is 15.0 Å². The summed E-state index contributed by atoms with van der Waals surface area (Å²) in [5.41, 5.74) is 0.369. The minimum Gasteiger partial charge on any atom is -0.491 e. The van der Waals surface area contributed by atoms with E-state index in [1.54, 1.807) is 30.3 Å². The lowest BCUT2D eigenvalue weighted by Crippen LogP contribution is -2.10. The predicted molar refractivity (Wildman–Crippen MR) is 110 cm³/mol. The van der Waals surface area contributed by atoms with Crippen molar-refractivity contribution >= 4 is 9.84 Å². The lowest BCUT2D eigenvalue weighted by Gasteiger charge is -2.15. The summed E-state index contributed by atoms with van der Waals surface area (Å²) < 4.78 is 35.0. The van der Waals surface area contributed by atoms with E-state index in [2.05, 4.69) is 9.97 Å². The summed E-state index contributed by atoms with van der Waals surface area (Å²) in [4.78, 5) is 18.8. The van der Waals surface area contributed by atoms with Crippen molar-refractivity contribution in [1.82, 2.24) is 9.97 Å². The zero-order chi connectivity index (χ0) is 21.0. The summed E-state index contributed by atoms with van der Waals surface area (Å²) in [5, 5.41) is 0. The van der Waals surface area contributed by atoms with Crippen LogP contribution in [0.1, 0.15) is 20.3 Å². The molecule has 7 nitrogen and oxygen atoms in total. The van der Waals surface area contributed by atoms with Gasteiger partial charge in [-0.25, -0.2) is 13.4 Å². The average molecular weight is 414 g/mol. The van der Waals surface area contributed by atoms with Gasteiger partial charge in [0.1, 0.15) is 23.1 Å². The Hall–Kier alpha value is -3.13. The SMILES string of the molecule is CCC(C)Oc1cc(Oc2ccc(S(C)(=O)=O)cc2)cc(-c2nccc(=O)[nH]2)c1. The minimum atomic E-state index is -3.28. The third-order valence-electron chi connectivity index (χ3n) is 4.22. The summed E-state index contributed by atoms with van der Waals surface area (Å²) in [7, 11) is -3.28. The quantitative estimate of drug-likeness (QED) is 0.631. The molecular weight excluding hydrogens is 392 g/mol. The molecule has 0 radical (unpaired) electrons. The molecule has 1 unspecified atom stereocenters. The fraction of sp³-hybridized carbons (Fsp3) is 0.238. The molecule has 0 saturated carbocycles. The van der Waals surface area contributed by atoms with Crippen molar-refractivity contribution in [3.63, 3.8) is 0 Å². The summed E-state index contributed by atoms with van der Waals surface area (Å²) in [5.74, 6) is 1.91. The Kier molecular flexibility index (Phi) is 6.03. The molecule has 8 heteroatoms. The minimum absolute atomic E-state index is 0.00470. The standard InChI is InChI=1S/C21H22N2O5S/c1-4-14(2)27-17-11-15(21-22-10-9-20(24)23-21)12-18(13-17)28-16-5-7-19(8-6-16)29(3,25)26/h5-14H,4H2,1-3H3,(H,22,23,24). The number of H-pyrrole nitrogens is 1. The van der Waals surface area contributed by atoms with Crippen LogP contribution in [-0.4, -0.2) is 30.7 Å². The highest BCUT2D eigenvalue weighted by molar-refractivity contribution is 7.90. The molecule has 0 aliphatic rings. The van der Waals surface area contributed by atoms with E-state index >= 15 is 0 Å². The molecule has 0 bridgehead atoms. The van der Waals surface area contributed by atoms with Crippen LogP contribution in [0.2, 0.25) is 0 Å². The number of hydrogen-bond acceptors (Lipinski definition) is 6. The van der Waals surface area contributed by atoms with Gasteiger partial charge in [-0.1, -0.05) is 6.92 Å². The van der Waals surface area contributed by atoms with Crippen LogP contribution in [0, 0.1) is 0 Å². The smallest absolute Gasteiger partial charge is 0.251 e. The van der Waals surface area contributed by atoms with Crippen LogP contribution in [0.25, 0.3) is 11.4 Å². The predicted octanol–water partition coefficient (Wildman–Crippen LogP) is 3.81. The van der Waals surface area contributed by atoms with Crippen molar-refractivity contribution in [2.24, 2.45) is 0 Å². The van der Waals surface area contributed by atoms with Gasteiger partial charge in [0, 0.05) is 30.1 Å². The molecule has 2 aromatic carbocycles. The van der Waals surface area contributed by atoms with Gasteiger partial charge in [-0.15, -0.1) is 0 Å². The lowest BCUT2D eigenvalue weighted by molar-refractivity contribution is 0.217. The number of ether oxygens (including phenoxy) is 2. The Morgan fingerprint density at radius 3 is 2.34 bits per heavy atom. The number of nitrogens with one attached hydrogen (secondary N) is 1. The summed E-state index contributed by atoms with van der Waals surface area (Å²) >= 11 is 0. The van der Waals surface area contributed by atoms with Gasteiger partial charge in [0.15, 0.2) is 9.84 Å². The second-order valence-corrected chi connectivity index (χ2v) is 8.67. The van der Waals surface area contributed by atoms with E-state index in [1.807, 2.05) is 13.8 Å². The molecule has 152 valence electrons. The number of aromatic amines is 1. The average Bonchev–Trinajstić information content (AvgIpc) is 2.67. The Bertz CT molecular complexity index is 1150. The Labute approximate surface area is 169 Å². The topological polar surface area (TPSA) is 98.3 Å². The molecule has 1 heterocycles. The van der Waals surface area contributed by atoms with E-state index in [0.717, 1.165) is 12.7 Å². The first kappa shape index (κ1) is 20.6. The second-order valence-electron chi connectivity index (χ2n) is 6.66. The molecule has 1 N–H and O–H groups in total. The van der Waals surface area contributed by atoms with E-state index < -0.39 is 9.84 Å². The van der Waals surface area contributed by atoms with Gasteiger partial charge in [-0.2, -0.15) is 0 Å². The molecule has 3 aromatic rings. The molecule has 1 atom stereocenters. The van der Waals surface area contributed by atoms with Gasteiger partial charge in [0.05, 0.1) is 11.0 Å². The summed E-state index contributed by atoms with van der Waals surface area (Å²) in [6.07, 6.45) is 3.41. The monoisotopic (exact) mass is 414 g/mol. The molecule has 3 rings (SSSR count). The molecule has 0 aliphatic heterocycles. The van der Waals surface area contributed by atoms with E-state index in [1.165, 1.54) is 24.4 Å². The van der Waals surface area contributed by atoms with Crippen molar-refractivity contribution < 1.29 is 17.9 Å². The summed E-state index contributed by atoms with van der Waals surface area (Å²) in [6.45, 7) is 3.98.